The van der Waals surface area contributed by atoms with Crippen molar-refractivity contribution in [1.82, 2.24) is 19.7 Å². The van der Waals surface area contributed by atoms with Crippen LogP contribution in [0.4, 0.5) is 5.82 Å². The number of aryl methyl sites for hydroxylation is 2. The Labute approximate surface area is 150 Å². The summed E-state index contributed by atoms with van der Waals surface area (Å²) in [7, 11) is 6.04. The predicted molar refractivity (Wildman–Crippen MR) is 99.8 cm³/mol. The van der Waals surface area contributed by atoms with Gasteiger partial charge in [-0.1, -0.05) is 0 Å². The van der Waals surface area contributed by atoms with Gasteiger partial charge in [0.1, 0.15) is 5.82 Å². The SMILES string of the molecule is Cc1c(CN2CCOC(CCc3ccnc(N(C)C)c3)C2)cnn1C. The summed E-state index contributed by atoms with van der Waals surface area (Å²) in [5.74, 6) is 1.01. The fourth-order valence-corrected chi connectivity index (χ4v) is 3.23. The maximum absolute atomic E-state index is 5.99. The lowest BCUT2D eigenvalue weighted by molar-refractivity contribution is -0.0346. The first-order valence-corrected chi connectivity index (χ1v) is 8.96. The molecule has 0 spiro atoms. The summed E-state index contributed by atoms with van der Waals surface area (Å²) in [4.78, 5) is 8.90. The zero-order valence-corrected chi connectivity index (χ0v) is 15.8. The smallest absolute Gasteiger partial charge is 0.128 e. The number of anilines is 1. The molecule has 1 fully saturated rings. The third-order valence-electron chi connectivity index (χ3n) is 4.98. The Balaban J connectivity index is 1.53. The van der Waals surface area contributed by atoms with Crippen molar-refractivity contribution in [1.29, 1.82) is 0 Å². The van der Waals surface area contributed by atoms with E-state index in [2.05, 4.69) is 34.0 Å². The van der Waals surface area contributed by atoms with Crippen molar-refractivity contribution in [3.8, 4) is 0 Å². The highest BCUT2D eigenvalue weighted by Gasteiger charge is 2.21. The summed E-state index contributed by atoms with van der Waals surface area (Å²) in [6.45, 7) is 5.87. The molecule has 6 heteroatoms. The van der Waals surface area contributed by atoms with Crippen LogP contribution in [-0.2, 0) is 24.8 Å². The molecule has 1 saturated heterocycles. The Morgan fingerprint density at radius 3 is 2.92 bits per heavy atom. The van der Waals surface area contributed by atoms with E-state index in [1.165, 1.54) is 16.8 Å². The standard InChI is InChI=1S/C19H29N5O/c1-15-17(12-21-23(15)4)13-24-9-10-25-18(14-24)6-5-16-7-8-20-19(11-16)22(2)3/h7-8,11-12,18H,5-6,9-10,13-14H2,1-4H3. The van der Waals surface area contributed by atoms with Gasteiger partial charge in [-0.25, -0.2) is 4.98 Å². The highest BCUT2D eigenvalue weighted by molar-refractivity contribution is 5.39. The second kappa shape index (κ2) is 7.97. The molecule has 0 aliphatic carbocycles. The number of ether oxygens (including phenoxy) is 1. The molecule has 0 radical (unpaired) electrons. The van der Waals surface area contributed by atoms with Gasteiger partial charge in [-0.05, 0) is 37.5 Å². The largest absolute Gasteiger partial charge is 0.376 e. The molecule has 3 rings (SSSR count). The monoisotopic (exact) mass is 343 g/mol. The van der Waals surface area contributed by atoms with E-state index in [0.29, 0.717) is 6.10 Å². The number of pyridine rings is 1. The van der Waals surface area contributed by atoms with Crippen molar-refractivity contribution in [2.75, 3.05) is 38.7 Å². The van der Waals surface area contributed by atoms with E-state index in [9.17, 15) is 0 Å². The van der Waals surface area contributed by atoms with E-state index in [4.69, 9.17) is 4.74 Å². The van der Waals surface area contributed by atoms with E-state index in [0.717, 1.165) is 44.9 Å². The first-order valence-electron chi connectivity index (χ1n) is 8.96. The van der Waals surface area contributed by atoms with E-state index in [-0.39, 0.29) is 0 Å². The van der Waals surface area contributed by atoms with Gasteiger partial charge in [-0.3, -0.25) is 9.58 Å². The van der Waals surface area contributed by atoms with Gasteiger partial charge in [0, 0.05) is 58.2 Å². The Morgan fingerprint density at radius 2 is 2.20 bits per heavy atom. The minimum Gasteiger partial charge on any atom is -0.376 e. The van der Waals surface area contributed by atoms with Crippen molar-refractivity contribution in [3.05, 3.63) is 41.3 Å². The van der Waals surface area contributed by atoms with E-state index in [1.54, 1.807) is 0 Å². The van der Waals surface area contributed by atoms with Gasteiger partial charge in [0.05, 0.1) is 18.9 Å². The van der Waals surface area contributed by atoms with Crippen molar-refractivity contribution >= 4 is 5.82 Å². The van der Waals surface area contributed by atoms with Crippen LogP contribution in [0.25, 0.3) is 0 Å². The first kappa shape index (κ1) is 17.9. The number of nitrogens with zero attached hydrogens (tertiary/aromatic N) is 5. The molecule has 1 aliphatic rings. The number of hydrogen-bond donors (Lipinski definition) is 0. The Kier molecular flexibility index (Phi) is 5.71. The van der Waals surface area contributed by atoms with Crippen LogP contribution in [0.2, 0.25) is 0 Å². The molecule has 136 valence electrons. The Morgan fingerprint density at radius 1 is 1.36 bits per heavy atom. The second-order valence-electron chi connectivity index (χ2n) is 7.06. The molecule has 6 nitrogen and oxygen atoms in total. The highest BCUT2D eigenvalue weighted by Crippen LogP contribution is 2.17. The molecule has 2 aromatic heterocycles. The zero-order chi connectivity index (χ0) is 17.8. The van der Waals surface area contributed by atoms with Crippen LogP contribution < -0.4 is 4.90 Å². The summed E-state index contributed by atoms with van der Waals surface area (Å²) in [5, 5.41) is 4.35. The highest BCUT2D eigenvalue weighted by atomic mass is 16.5. The molecule has 2 aromatic rings. The molecule has 1 unspecified atom stereocenters. The molecule has 1 aliphatic heterocycles. The Bertz CT molecular complexity index is 697. The summed E-state index contributed by atoms with van der Waals surface area (Å²) < 4.78 is 7.94. The fraction of sp³-hybridized carbons (Fsp3) is 0.579. The molecular formula is C19H29N5O. The van der Waals surface area contributed by atoms with Crippen LogP contribution in [0.1, 0.15) is 23.2 Å². The molecule has 1 atom stereocenters. The van der Waals surface area contributed by atoms with Gasteiger partial charge in [0.25, 0.3) is 0 Å². The summed E-state index contributed by atoms with van der Waals surface area (Å²) in [5.41, 5.74) is 3.88. The molecular weight excluding hydrogens is 314 g/mol. The van der Waals surface area contributed by atoms with Gasteiger partial charge in [0.2, 0.25) is 0 Å². The summed E-state index contributed by atoms with van der Waals surface area (Å²) in [6.07, 6.45) is 6.23. The average molecular weight is 343 g/mol. The van der Waals surface area contributed by atoms with Crippen molar-refractivity contribution in [3.63, 3.8) is 0 Å². The Hall–Kier alpha value is -1.92. The number of hydrogen-bond acceptors (Lipinski definition) is 5. The third kappa shape index (κ3) is 4.58. The van der Waals surface area contributed by atoms with Gasteiger partial charge in [-0.2, -0.15) is 5.10 Å². The van der Waals surface area contributed by atoms with Gasteiger partial charge < -0.3 is 9.64 Å². The van der Waals surface area contributed by atoms with Crippen molar-refractivity contribution < 1.29 is 4.74 Å². The zero-order valence-electron chi connectivity index (χ0n) is 15.8. The van der Waals surface area contributed by atoms with Gasteiger partial charge >= 0.3 is 0 Å². The molecule has 3 heterocycles. The van der Waals surface area contributed by atoms with Gasteiger partial charge in [-0.15, -0.1) is 0 Å². The lowest BCUT2D eigenvalue weighted by atomic mass is 10.1. The van der Waals surface area contributed by atoms with Crippen LogP contribution in [0.15, 0.2) is 24.5 Å². The average Bonchev–Trinajstić information content (AvgIpc) is 2.93. The quantitative estimate of drug-likeness (QED) is 0.803. The topological polar surface area (TPSA) is 46.4 Å². The molecule has 0 amide bonds. The lowest BCUT2D eigenvalue weighted by Gasteiger charge is -2.33. The van der Waals surface area contributed by atoms with Crippen molar-refractivity contribution in [2.24, 2.45) is 7.05 Å². The minimum absolute atomic E-state index is 0.293. The van der Waals surface area contributed by atoms with Crippen LogP contribution in [0.3, 0.4) is 0 Å². The van der Waals surface area contributed by atoms with Crippen LogP contribution in [0.5, 0.6) is 0 Å². The van der Waals surface area contributed by atoms with Crippen LogP contribution in [0, 0.1) is 6.92 Å². The summed E-state index contributed by atoms with van der Waals surface area (Å²) in [6, 6.07) is 4.27. The fourth-order valence-electron chi connectivity index (χ4n) is 3.23. The summed E-state index contributed by atoms with van der Waals surface area (Å²) >= 11 is 0. The molecule has 0 aromatic carbocycles. The molecule has 25 heavy (non-hydrogen) atoms. The number of rotatable bonds is 6. The van der Waals surface area contributed by atoms with Crippen LogP contribution >= 0.6 is 0 Å². The number of aromatic nitrogens is 3. The first-order chi connectivity index (χ1) is 12.0. The normalized spacial score (nSPS) is 18.5. The van der Waals surface area contributed by atoms with E-state index < -0.39 is 0 Å². The van der Waals surface area contributed by atoms with E-state index in [1.807, 2.05) is 43.1 Å². The van der Waals surface area contributed by atoms with Gasteiger partial charge in [0.15, 0.2) is 0 Å². The molecule has 0 saturated carbocycles. The van der Waals surface area contributed by atoms with E-state index >= 15 is 0 Å². The predicted octanol–water partition coefficient (Wildman–Crippen LogP) is 2.02. The maximum atomic E-state index is 5.99. The lowest BCUT2D eigenvalue weighted by Crippen LogP contribution is -2.42. The minimum atomic E-state index is 0.293. The van der Waals surface area contributed by atoms with Crippen LogP contribution in [-0.4, -0.2) is 59.6 Å². The third-order valence-corrected chi connectivity index (χ3v) is 4.98. The molecule has 0 N–H and O–H groups in total. The number of morpholine rings is 1. The van der Waals surface area contributed by atoms with Crippen molar-refractivity contribution in [2.45, 2.75) is 32.4 Å². The molecule has 0 bridgehead atoms. The maximum Gasteiger partial charge on any atom is 0.128 e. The second-order valence-corrected chi connectivity index (χ2v) is 7.06.